The Kier molecular flexibility index (Phi) is 3.88. The van der Waals surface area contributed by atoms with E-state index in [0.717, 1.165) is 5.56 Å². The van der Waals surface area contributed by atoms with Gasteiger partial charge in [0.25, 0.3) is 0 Å². The van der Waals surface area contributed by atoms with Crippen molar-refractivity contribution in [3.05, 3.63) is 35.4 Å². The third-order valence-corrected chi connectivity index (χ3v) is 3.78. The van der Waals surface area contributed by atoms with Crippen LogP contribution in [0.5, 0.6) is 0 Å². The molecule has 0 aromatic heterocycles. The number of benzene rings is 1. The molecule has 2 amide bonds. The van der Waals surface area contributed by atoms with Crippen LogP contribution in [0.25, 0.3) is 0 Å². The summed E-state index contributed by atoms with van der Waals surface area (Å²) in [7, 11) is 0. The van der Waals surface area contributed by atoms with Crippen LogP contribution < -0.4 is 0 Å². The van der Waals surface area contributed by atoms with Crippen molar-refractivity contribution in [3.8, 4) is 0 Å². The molecule has 0 radical (unpaired) electrons. The van der Waals surface area contributed by atoms with Gasteiger partial charge in [-0.05, 0) is 11.1 Å². The van der Waals surface area contributed by atoms with E-state index in [2.05, 4.69) is 0 Å². The first-order valence-electron chi connectivity index (χ1n) is 6.55. The summed E-state index contributed by atoms with van der Waals surface area (Å²) in [5, 5.41) is 8.70. The highest BCUT2D eigenvalue weighted by atomic mass is 16.4. The van der Waals surface area contributed by atoms with Crippen LogP contribution >= 0.6 is 0 Å². The summed E-state index contributed by atoms with van der Waals surface area (Å²) < 4.78 is 0. The minimum Gasteiger partial charge on any atom is -0.481 e. The van der Waals surface area contributed by atoms with E-state index < -0.39 is 5.97 Å². The average Bonchev–Trinajstić information content (AvgIpc) is 2.58. The molecule has 0 spiro atoms. The topological polar surface area (TPSA) is 74.7 Å². The van der Waals surface area contributed by atoms with Crippen LogP contribution in [0.3, 0.4) is 0 Å². The first kappa shape index (κ1) is 14.2. The van der Waals surface area contributed by atoms with Gasteiger partial charge in [-0.3, -0.25) is 19.3 Å². The molecule has 1 heterocycles. The zero-order valence-electron chi connectivity index (χ0n) is 11.5. The number of imide groups is 1. The standard InChI is InChI=1S/C15H17NO4/c1-9-10(2)15(20)16(14(9)19)8-12-5-3-11(4-6-12)7-13(17)18/h3-6,9-10H,7-8H2,1-2H3,(H,17,18). The number of hydrogen-bond donors (Lipinski definition) is 1. The van der Waals surface area contributed by atoms with Gasteiger partial charge in [0.1, 0.15) is 0 Å². The molecule has 5 heteroatoms. The highest BCUT2D eigenvalue weighted by molar-refractivity contribution is 6.04. The normalized spacial score (nSPS) is 22.4. The van der Waals surface area contributed by atoms with Crippen LogP contribution in [-0.4, -0.2) is 27.8 Å². The maximum atomic E-state index is 12.0. The molecule has 0 bridgehead atoms. The summed E-state index contributed by atoms with van der Waals surface area (Å²) in [5.74, 6) is -1.71. The van der Waals surface area contributed by atoms with Gasteiger partial charge in [-0.25, -0.2) is 0 Å². The molecule has 20 heavy (non-hydrogen) atoms. The van der Waals surface area contributed by atoms with E-state index in [0.29, 0.717) is 5.56 Å². The van der Waals surface area contributed by atoms with Crippen molar-refractivity contribution in [2.75, 3.05) is 0 Å². The van der Waals surface area contributed by atoms with Gasteiger partial charge >= 0.3 is 5.97 Å². The Labute approximate surface area is 117 Å². The number of aliphatic carboxylic acids is 1. The third-order valence-electron chi connectivity index (χ3n) is 3.78. The van der Waals surface area contributed by atoms with Gasteiger partial charge in [0.05, 0.1) is 13.0 Å². The van der Waals surface area contributed by atoms with Gasteiger partial charge in [0, 0.05) is 11.8 Å². The van der Waals surface area contributed by atoms with E-state index in [1.165, 1.54) is 4.90 Å². The van der Waals surface area contributed by atoms with Crippen molar-refractivity contribution < 1.29 is 19.5 Å². The first-order valence-corrected chi connectivity index (χ1v) is 6.55. The van der Waals surface area contributed by atoms with E-state index in [-0.39, 0.29) is 36.6 Å². The Bertz CT molecular complexity index is 529. The summed E-state index contributed by atoms with van der Waals surface area (Å²) in [4.78, 5) is 35.8. The Balaban J connectivity index is 2.09. The Hall–Kier alpha value is -2.17. The van der Waals surface area contributed by atoms with E-state index >= 15 is 0 Å². The van der Waals surface area contributed by atoms with Gasteiger partial charge in [0.15, 0.2) is 0 Å². The molecule has 1 aliphatic heterocycles. The largest absolute Gasteiger partial charge is 0.481 e. The molecule has 0 aliphatic carbocycles. The lowest BCUT2D eigenvalue weighted by molar-refractivity contribution is -0.140. The Morgan fingerprint density at radius 2 is 1.50 bits per heavy atom. The molecule has 106 valence electrons. The number of carbonyl (C=O) groups is 3. The fourth-order valence-corrected chi connectivity index (χ4v) is 2.30. The van der Waals surface area contributed by atoms with Crippen LogP contribution in [0.2, 0.25) is 0 Å². The lowest BCUT2D eigenvalue weighted by atomic mass is 10.00. The van der Waals surface area contributed by atoms with Crippen molar-refractivity contribution >= 4 is 17.8 Å². The second-order valence-corrected chi connectivity index (χ2v) is 5.23. The lowest BCUT2D eigenvalue weighted by Crippen LogP contribution is -2.30. The van der Waals surface area contributed by atoms with Crippen molar-refractivity contribution in [3.63, 3.8) is 0 Å². The SMILES string of the molecule is CC1C(=O)N(Cc2ccc(CC(=O)O)cc2)C(=O)C1C. The highest BCUT2D eigenvalue weighted by Gasteiger charge is 2.41. The number of likely N-dealkylation sites (tertiary alicyclic amines) is 1. The van der Waals surface area contributed by atoms with Crippen molar-refractivity contribution in [1.29, 1.82) is 0 Å². The maximum absolute atomic E-state index is 12.0. The minimum absolute atomic E-state index is 0.0318. The van der Waals surface area contributed by atoms with E-state index in [1.54, 1.807) is 38.1 Å². The van der Waals surface area contributed by atoms with Crippen LogP contribution in [-0.2, 0) is 27.3 Å². The minimum atomic E-state index is -0.884. The van der Waals surface area contributed by atoms with Crippen LogP contribution in [0, 0.1) is 11.8 Å². The molecule has 1 saturated heterocycles. The summed E-state index contributed by atoms with van der Waals surface area (Å²) >= 11 is 0. The molecule has 1 aliphatic rings. The van der Waals surface area contributed by atoms with Gasteiger partial charge in [0.2, 0.25) is 11.8 Å². The average molecular weight is 275 g/mol. The molecule has 1 N–H and O–H groups in total. The maximum Gasteiger partial charge on any atom is 0.307 e. The molecule has 1 aromatic carbocycles. The molecule has 1 fully saturated rings. The molecule has 0 saturated carbocycles. The molecular weight excluding hydrogens is 258 g/mol. The van der Waals surface area contributed by atoms with Crippen LogP contribution in [0.1, 0.15) is 25.0 Å². The van der Waals surface area contributed by atoms with E-state index in [9.17, 15) is 14.4 Å². The van der Waals surface area contributed by atoms with Gasteiger partial charge in [-0.2, -0.15) is 0 Å². The summed E-state index contributed by atoms with van der Waals surface area (Å²) in [5.41, 5.74) is 1.52. The summed E-state index contributed by atoms with van der Waals surface area (Å²) in [6.45, 7) is 3.78. The second-order valence-electron chi connectivity index (χ2n) is 5.23. The molecule has 5 nitrogen and oxygen atoms in total. The zero-order valence-corrected chi connectivity index (χ0v) is 11.5. The van der Waals surface area contributed by atoms with Crippen molar-refractivity contribution in [2.45, 2.75) is 26.8 Å². The highest BCUT2D eigenvalue weighted by Crippen LogP contribution is 2.26. The molecular formula is C15H17NO4. The first-order chi connectivity index (χ1) is 9.40. The predicted octanol–water partition coefficient (Wildman–Crippen LogP) is 1.45. The molecule has 2 unspecified atom stereocenters. The Morgan fingerprint density at radius 1 is 1.05 bits per heavy atom. The summed E-state index contributed by atoms with van der Waals surface area (Å²) in [6, 6.07) is 6.93. The summed E-state index contributed by atoms with van der Waals surface area (Å²) in [6.07, 6.45) is -0.0318. The van der Waals surface area contributed by atoms with Crippen LogP contribution in [0.4, 0.5) is 0 Å². The lowest BCUT2D eigenvalue weighted by Gasteiger charge is -2.14. The molecule has 1 aromatic rings. The van der Waals surface area contributed by atoms with Gasteiger partial charge < -0.3 is 5.11 Å². The molecule has 2 rings (SSSR count). The molecule has 2 atom stereocenters. The number of carboxylic acids is 1. The van der Waals surface area contributed by atoms with Crippen molar-refractivity contribution in [2.24, 2.45) is 11.8 Å². The number of amides is 2. The van der Waals surface area contributed by atoms with E-state index in [4.69, 9.17) is 5.11 Å². The fourth-order valence-electron chi connectivity index (χ4n) is 2.30. The number of carbonyl (C=O) groups excluding carboxylic acids is 2. The van der Waals surface area contributed by atoms with Gasteiger partial charge in [-0.1, -0.05) is 38.1 Å². The zero-order chi connectivity index (χ0) is 14.9. The smallest absolute Gasteiger partial charge is 0.307 e. The number of rotatable bonds is 4. The third kappa shape index (κ3) is 2.71. The fraction of sp³-hybridized carbons (Fsp3) is 0.400. The number of nitrogens with zero attached hydrogens (tertiary/aromatic N) is 1. The van der Waals surface area contributed by atoms with Crippen molar-refractivity contribution in [1.82, 2.24) is 4.90 Å². The number of hydrogen-bond acceptors (Lipinski definition) is 3. The van der Waals surface area contributed by atoms with E-state index in [1.807, 2.05) is 0 Å². The van der Waals surface area contributed by atoms with Gasteiger partial charge in [-0.15, -0.1) is 0 Å². The van der Waals surface area contributed by atoms with Crippen LogP contribution in [0.15, 0.2) is 24.3 Å². The monoisotopic (exact) mass is 275 g/mol. The Morgan fingerprint density at radius 3 is 1.95 bits per heavy atom. The predicted molar refractivity (Wildman–Crippen MR) is 71.7 cm³/mol. The second kappa shape index (κ2) is 5.45. The number of carboxylic acid groups (broad SMARTS) is 1. The quantitative estimate of drug-likeness (QED) is 0.844.